The number of aromatic nitrogens is 5. The number of ether oxygens (including phenoxy) is 1. The zero-order chi connectivity index (χ0) is 20.5. The van der Waals surface area contributed by atoms with Gasteiger partial charge >= 0.3 is 0 Å². The van der Waals surface area contributed by atoms with E-state index >= 15 is 0 Å². The molecule has 4 N–H and O–H groups in total. The molecule has 1 aliphatic rings. The SMILES string of the molecule is Cc1cccc(-c2nc(-c3cnccn3)nn2[C@@H]2O[C@H](CO)[C@@H](O)[C@H](O)[C@H]2O)c1. The highest BCUT2D eigenvalue weighted by Crippen LogP contribution is 2.32. The van der Waals surface area contributed by atoms with Crippen LogP contribution in [0.1, 0.15) is 11.8 Å². The molecule has 0 radical (unpaired) electrons. The van der Waals surface area contributed by atoms with Crippen LogP contribution >= 0.6 is 0 Å². The molecular formula is C19H21N5O5. The lowest BCUT2D eigenvalue weighted by atomic mass is 9.98. The maximum atomic E-state index is 10.5. The van der Waals surface area contributed by atoms with E-state index in [0.29, 0.717) is 17.1 Å². The zero-order valence-electron chi connectivity index (χ0n) is 15.6. The van der Waals surface area contributed by atoms with E-state index in [2.05, 4.69) is 20.1 Å². The molecule has 1 aliphatic heterocycles. The second kappa shape index (κ2) is 7.93. The van der Waals surface area contributed by atoms with Crippen molar-refractivity contribution in [3.8, 4) is 22.9 Å². The molecule has 2 aromatic heterocycles. The number of aryl methyl sites for hydroxylation is 1. The number of nitrogens with zero attached hydrogens (tertiary/aromatic N) is 5. The average Bonchev–Trinajstić information content (AvgIpc) is 3.18. The summed E-state index contributed by atoms with van der Waals surface area (Å²) in [6.45, 7) is 1.40. The van der Waals surface area contributed by atoms with Crippen LogP contribution in [0.5, 0.6) is 0 Å². The molecule has 1 aromatic carbocycles. The van der Waals surface area contributed by atoms with Crippen LogP contribution in [0.4, 0.5) is 0 Å². The van der Waals surface area contributed by atoms with Gasteiger partial charge in [0.05, 0.1) is 12.8 Å². The first kappa shape index (κ1) is 19.6. The standard InChI is InChI=1S/C19H21N5O5/c1-10-3-2-4-11(7-10)18-22-17(12-8-20-5-6-21-12)23-24(18)19-16(28)15(27)14(26)13(9-25)29-19/h2-8,13-16,19,25-28H,9H2,1H3/t13-,14-,15+,16-,19-/m1/s1. The van der Waals surface area contributed by atoms with Crippen molar-refractivity contribution in [1.82, 2.24) is 24.7 Å². The Hall–Kier alpha value is -2.76. The van der Waals surface area contributed by atoms with Gasteiger partial charge in [-0.1, -0.05) is 23.8 Å². The summed E-state index contributed by atoms with van der Waals surface area (Å²) in [7, 11) is 0. The number of aliphatic hydroxyl groups is 4. The summed E-state index contributed by atoms with van der Waals surface area (Å²) in [4.78, 5) is 12.8. The van der Waals surface area contributed by atoms with Gasteiger partial charge in [-0.2, -0.15) is 0 Å². The van der Waals surface area contributed by atoms with Crippen molar-refractivity contribution in [1.29, 1.82) is 0 Å². The maximum absolute atomic E-state index is 10.5. The molecule has 1 fully saturated rings. The summed E-state index contributed by atoms with van der Waals surface area (Å²) in [5.74, 6) is 0.630. The van der Waals surface area contributed by atoms with Crippen LogP contribution in [0.2, 0.25) is 0 Å². The van der Waals surface area contributed by atoms with E-state index in [1.807, 2.05) is 31.2 Å². The van der Waals surface area contributed by atoms with E-state index in [1.54, 1.807) is 0 Å². The first-order chi connectivity index (χ1) is 14.0. The predicted octanol–water partition coefficient (Wildman–Crippen LogP) is -0.317. The Balaban J connectivity index is 1.84. The number of benzene rings is 1. The van der Waals surface area contributed by atoms with E-state index in [-0.39, 0.29) is 5.82 Å². The van der Waals surface area contributed by atoms with Crippen LogP contribution in [0.15, 0.2) is 42.9 Å². The van der Waals surface area contributed by atoms with Crippen LogP contribution in [0.3, 0.4) is 0 Å². The largest absolute Gasteiger partial charge is 0.394 e. The third-order valence-electron chi connectivity index (χ3n) is 4.81. The molecule has 3 aromatic rings. The predicted molar refractivity (Wildman–Crippen MR) is 100 cm³/mol. The molecule has 0 bridgehead atoms. The summed E-state index contributed by atoms with van der Waals surface area (Å²) >= 11 is 0. The molecule has 0 saturated carbocycles. The monoisotopic (exact) mass is 399 g/mol. The number of hydrogen-bond acceptors (Lipinski definition) is 9. The summed E-state index contributed by atoms with van der Waals surface area (Å²) in [6.07, 6.45) is -2.18. The highest BCUT2D eigenvalue weighted by molar-refractivity contribution is 5.60. The van der Waals surface area contributed by atoms with Gasteiger partial charge in [-0.15, -0.1) is 5.10 Å². The fraction of sp³-hybridized carbons (Fsp3) is 0.368. The lowest BCUT2D eigenvalue weighted by Gasteiger charge is -2.40. The first-order valence-corrected chi connectivity index (χ1v) is 9.10. The second-order valence-electron chi connectivity index (χ2n) is 6.88. The zero-order valence-corrected chi connectivity index (χ0v) is 15.6. The molecule has 3 heterocycles. The van der Waals surface area contributed by atoms with Gasteiger partial charge in [-0.3, -0.25) is 4.98 Å². The van der Waals surface area contributed by atoms with Gasteiger partial charge in [0.1, 0.15) is 30.1 Å². The lowest BCUT2D eigenvalue weighted by Crippen LogP contribution is -2.56. The van der Waals surface area contributed by atoms with E-state index in [4.69, 9.17) is 4.74 Å². The van der Waals surface area contributed by atoms with Crippen molar-refractivity contribution < 1.29 is 25.2 Å². The topological polar surface area (TPSA) is 147 Å². The van der Waals surface area contributed by atoms with Crippen LogP contribution in [0.25, 0.3) is 22.9 Å². The van der Waals surface area contributed by atoms with Gasteiger partial charge in [0.25, 0.3) is 0 Å². The van der Waals surface area contributed by atoms with E-state index < -0.39 is 37.3 Å². The summed E-state index contributed by atoms with van der Waals surface area (Å²) < 4.78 is 7.01. The van der Waals surface area contributed by atoms with E-state index in [9.17, 15) is 20.4 Å². The van der Waals surface area contributed by atoms with Crippen molar-refractivity contribution in [2.24, 2.45) is 0 Å². The highest BCUT2D eigenvalue weighted by atomic mass is 16.6. The molecule has 0 amide bonds. The summed E-state index contributed by atoms with van der Waals surface area (Å²) in [5, 5.41) is 44.7. The van der Waals surface area contributed by atoms with Gasteiger partial charge < -0.3 is 25.2 Å². The van der Waals surface area contributed by atoms with Crippen LogP contribution < -0.4 is 0 Å². The Morgan fingerprint density at radius 3 is 2.62 bits per heavy atom. The van der Waals surface area contributed by atoms with Crippen LogP contribution in [0, 0.1) is 6.92 Å². The van der Waals surface area contributed by atoms with E-state index in [0.717, 1.165) is 5.56 Å². The van der Waals surface area contributed by atoms with Gasteiger partial charge in [-0.25, -0.2) is 14.6 Å². The first-order valence-electron chi connectivity index (χ1n) is 9.10. The number of aliphatic hydroxyl groups excluding tert-OH is 4. The third-order valence-corrected chi connectivity index (χ3v) is 4.81. The van der Waals surface area contributed by atoms with Gasteiger partial charge in [0.15, 0.2) is 12.1 Å². The minimum atomic E-state index is -1.53. The number of hydrogen-bond donors (Lipinski definition) is 4. The Morgan fingerprint density at radius 1 is 1.10 bits per heavy atom. The smallest absolute Gasteiger partial charge is 0.202 e. The van der Waals surface area contributed by atoms with Gasteiger partial charge in [0.2, 0.25) is 5.82 Å². The molecule has 0 spiro atoms. The Labute approximate surface area is 166 Å². The molecule has 10 nitrogen and oxygen atoms in total. The maximum Gasteiger partial charge on any atom is 0.202 e. The third kappa shape index (κ3) is 3.63. The summed E-state index contributed by atoms with van der Waals surface area (Å²) in [5.41, 5.74) is 2.13. The molecule has 152 valence electrons. The van der Waals surface area contributed by atoms with Crippen molar-refractivity contribution in [3.05, 3.63) is 48.4 Å². The quantitative estimate of drug-likeness (QED) is 0.463. The molecule has 0 aliphatic carbocycles. The minimum absolute atomic E-state index is 0.256. The fourth-order valence-corrected chi connectivity index (χ4v) is 3.29. The lowest BCUT2D eigenvalue weighted by molar-refractivity contribution is -0.253. The van der Waals surface area contributed by atoms with E-state index in [1.165, 1.54) is 23.3 Å². The minimum Gasteiger partial charge on any atom is -0.394 e. The molecular weight excluding hydrogens is 378 g/mol. The van der Waals surface area contributed by atoms with Crippen molar-refractivity contribution >= 4 is 0 Å². The second-order valence-corrected chi connectivity index (χ2v) is 6.88. The highest BCUT2D eigenvalue weighted by Gasteiger charge is 2.45. The molecule has 10 heteroatoms. The molecule has 1 saturated heterocycles. The van der Waals surface area contributed by atoms with Gasteiger partial charge in [0, 0.05) is 18.0 Å². The number of rotatable bonds is 4. The fourth-order valence-electron chi connectivity index (χ4n) is 3.29. The Morgan fingerprint density at radius 2 is 1.93 bits per heavy atom. The molecule has 0 unspecified atom stereocenters. The van der Waals surface area contributed by atoms with Crippen molar-refractivity contribution in [2.75, 3.05) is 6.61 Å². The molecule has 4 rings (SSSR count). The normalized spacial score (nSPS) is 27.1. The Kier molecular flexibility index (Phi) is 5.35. The van der Waals surface area contributed by atoms with Gasteiger partial charge in [-0.05, 0) is 13.0 Å². The average molecular weight is 399 g/mol. The van der Waals surface area contributed by atoms with Crippen molar-refractivity contribution in [3.63, 3.8) is 0 Å². The van der Waals surface area contributed by atoms with Crippen LogP contribution in [-0.2, 0) is 4.74 Å². The Bertz CT molecular complexity index is 980. The summed E-state index contributed by atoms with van der Waals surface area (Å²) in [6, 6.07) is 7.52. The van der Waals surface area contributed by atoms with Crippen molar-refractivity contribution in [2.45, 2.75) is 37.6 Å². The molecule has 5 atom stereocenters. The van der Waals surface area contributed by atoms with Crippen LogP contribution in [-0.4, -0.2) is 76.2 Å². The molecule has 29 heavy (non-hydrogen) atoms.